The summed E-state index contributed by atoms with van der Waals surface area (Å²) in [5, 5.41) is 13.3. The predicted octanol–water partition coefficient (Wildman–Crippen LogP) is 2.64. The number of para-hydroxylation sites is 2. The molecule has 7 nitrogen and oxygen atoms in total. The molecule has 7 heteroatoms. The Morgan fingerprint density at radius 2 is 2.15 bits per heavy atom. The normalized spacial score (nSPS) is 17.1. The van der Waals surface area contributed by atoms with Crippen LogP contribution in [0.4, 0.5) is 16.2 Å². The molecule has 1 fully saturated rings. The maximum atomic E-state index is 11.9. The van der Waals surface area contributed by atoms with Crippen molar-refractivity contribution in [2.45, 2.75) is 19.3 Å². The summed E-state index contributed by atoms with van der Waals surface area (Å²) in [4.78, 5) is 28.1. The Morgan fingerprint density at radius 3 is 2.85 bits per heavy atom. The number of anilines is 1. The summed E-state index contributed by atoms with van der Waals surface area (Å²) in [5.41, 5.74) is 0.0170. The first-order valence-corrected chi connectivity index (χ1v) is 6.41. The summed E-state index contributed by atoms with van der Waals surface area (Å²) in [5.74, 6) is 0.715. The molecule has 0 aliphatic carbocycles. The van der Waals surface area contributed by atoms with Gasteiger partial charge in [-0.1, -0.05) is 12.1 Å². The Labute approximate surface area is 116 Å². The minimum atomic E-state index is -0.581. The quantitative estimate of drug-likeness (QED) is 0.664. The van der Waals surface area contributed by atoms with Crippen molar-refractivity contribution in [2.75, 3.05) is 18.9 Å². The number of urea groups is 1. The molecule has 2 amide bonds. The highest BCUT2D eigenvalue weighted by Crippen LogP contribution is 2.23. The average Bonchev–Trinajstić information content (AvgIpc) is 2.41. The number of nitrogens with zero attached hydrogens (tertiary/aromatic N) is 3. The van der Waals surface area contributed by atoms with Gasteiger partial charge in [-0.25, -0.2) is 4.79 Å². The third-order valence-corrected chi connectivity index (χ3v) is 3.16. The number of piperidine rings is 1. The van der Waals surface area contributed by atoms with Crippen LogP contribution in [0, 0.1) is 10.1 Å². The zero-order chi connectivity index (χ0) is 14.5. The molecule has 20 heavy (non-hydrogen) atoms. The van der Waals surface area contributed by atoms with Gasteiger partial charge in [0.2, 0.25) is 0 Å². The van der Waals surface area contributed by atoms with Crippen molar-refractivity contribution in [3.05, 3.63) is 34.4 Å². The summed E-state index contributed by atoms with van der Waals surface area (Å²) in [6.07, 6.45) is 2.84. The Morgan fingerprint density at radius 1 is 1.40 bits per heavy atom. The standard InChI is InChI=1S/C13H16N4O3/c1-16-9-5-4-8-12(16)15-13(18)14-10-6-2-3-7-11(10)17(19)20/h2-3,6-7H,4-5,8-9H2,1H3,(H,14,18). The zero-order valence-corrected chi connectivity index (χ0v) is 11.2. The largest absolute Gasteiger partial charge is 0.363 e. The summed E-state index contributed by atoms with van der Waals surface area (Å²) in [6, 6.07) is 5.43. The van der Waals surface area contributed by atoms with Gasteiger partial charge in [-0.2, -0.15) is 4.99 Å². The van der Waals surface area contributed by atoms with Gasteiger partial charge in [0.25, 0.3) is 5.69 Å². The lowest BCUT2D eigenvalue weighted by molar-refractivity contribution is -0.383. The highest BCUT2D eigenvalue weighted by Gasteiger charge is 2.17. The first-order valence-electron chi connectivity index (χ1n) is 6.41. The molecule has 0 atom stereocenters. The molecule has 1 aliphatic heterocycles. The highest BCUT2D eigenvalue weighted by molar-refractivity contribution is 6.01. The Balaban J connectivity index is 2.12. The van der Waals surface area contributed by atoms with E-state index in [-0.39, 0.29) is 11.4 Å². The Hall–Kier alpha value is -2.44. The second-order valence-electron chi connectivity index (χ2n) is 4.61. The van der Waals surface area contributed by atoms with Gasteiger partial charge in [0, 0.05) is 26.1 Å². The van der Waals surface area contributed by atoms with Crippen LogP contribution in [0.5, 0.6) is 0 Å². The molecule has 2 rings (SSSR count). The lowest BCUT2D eigenvalue weighted by atomic mass is 10.1. The van der Waals surface area contributed by atoms with E-state index in [1.807, 2.05) is 11.9 Å². The van der Waals surface area contributed by atoms with E-state index in [1.54, 1.807) is 12.1 Å². The summed E-state index contributed by atoms with van der Waals surface area (Å²) < 4.78 is 0. The van der Waals surface area contributed by atoms with Crippen LogP contribution in [0.15, 0.2) is 29.3 Å². The number of nitro benzene ring substituents is 1. The van der Waals surface area contributed by atoms with Crippen LogP contribution in [0.3, 0.4) is 0 Å². The number of nitrogens with one attached hydrogen (secondary N) is 1. The lowest BCUT2D eigenvalue weighted by Gasteiger charge is -2.25. The Bertz CT molecular complexity index is 556. The number of hydrogen-bond donors (Lipinski definition) is 1. The summed E-state index contributed by atoms with van der Waals surface area (Å²) in [7, 11) is 1.89. The van der Waals surface area contributed by atoms with Crippen LogP contribution < -0.4 is 5.32 Å². The number of hydrogen-bond acceptors (Lipinski definition) is 3. The van der Waals surface area contributed by atoms with E-state index < -0.39 is 11.0 Å². The minimum absolute atomic E-state index is 0.141. The molecule has 1 aromatic carbocycles. The second kappa shape index (κ2) is 6.14. The molecule has 1 N–H and O–H groups in total. The van der Waals surface area contributed by atoms with Crippen molar-refractivity contribution in [3.63, 3.8) is 0 Å². The molecular weight excluding hydrogens is 260 g/mol. The van der Waals surface area contributed by atoms with Crippen LogP contribution in [0.1, 0.15) is 19.3 Å². The minimum Gasteiger partial charge on any atom is -0.363 e. The molecule has 1 heterocycles. The van der Waals surface area contributed by atoms with E-state index in [9.17, 15) is 14.9 Å². The summed E-state index contributed by atoms with van der Waals surface area (Å²) >= 11 is 0. The Kier molecular flexibility index (Phi) is 4.29. The fraction of sp³-hybridized carbons (Fsp3) is 0.385. The van der Waals surface area contributed by atoms with Crippen LogP contribution in [0.2, 0.25) is 0 Å². The number of amidine groups is 1. The van der Waals surface area contributed by atoms with E-state index >= 15 is 0 Å². The molecule has 1 saturated heterocycles. The van der Waals surface area contributed by atoms with Gasteiger partial charge < -0.3 is 10.2 Å². The molecule has 0 radical (unpaired) electrons. The van der Waals surface area contributed by atoms with Gasteiger partial charge in [0.05, 0.1) is 4.92 Å². The van der Waals surface area contributed by atoms with Gasteiger partial charge in [-0.15, -0.1) is 0 Å². The molecule has 0 aromatic heterocycles. The maximum absolute atomic E-state index is 11.9. The molecule has 1 aliphatic rings. The predicted molar refractivity (Wildman–Crippen MR) is 76.0 cm³/mol. The smallest absolute Gasteiger partial charge is 0.347 e. The van der Waals surface area contributed by atoms with Crippen molar-refractivity contribution >= 4 is 23.2 Å². The fourth-order valence-corrected chi connectivity index (χ4v) is 2.09. The molecular formula is C13H16N4O3. The number of nitro groups is 1. The van der Waals surface area contributed by atoms with E-state index in [0.29, 0.717) is 5.84 Å². The van der Waals surface area contributed by atoms with Gasteiger partial charge in [-0.05, 0) is 18.9 Å². The fourth-order valence-electron chi connectivity index (χ4n) is 2.09. The van der Waals surface area contributed by atoms with Gasteiger partial charge in [0.1, 0.15) is 11.5 Å². The van der Waals surface area contributed by atoms with Crippen molar-refractivity contribution in [2.24, 2.45) is 4.99 Å². The number of amides is 2. The van der Waals surface area contributed by atoms with Gasteiger partial charge >= 0.3 is 6.03 Å². The first kappa shape index (κ1) is 14.0. The van der Waals surface area contributed by atoms with E-state index in [1.165, 1.54) is 12.1 Å². The van der Waals surface area contributed by atoms with Crippen LogP contribution in [-0.2, 0) is 0 Å². The average molecular weight is 276 g/mol. The summed E-state index contributed by atoms with van der Waals surface area (Å²) in [6.45, 7) is 0.873. The van der Waals surface area contributed by atoms with Crippen LogP contribution in [-0.4, -0.2) is 35.3 Å². The number of rotatable bonds is 2. The number of carbonyl (C=O) groups excluding carboxylic acids is 1. The molecule has 0 bridgehead atoms. The van der Waals surface area contributed by atoms with Crippen molar-refractivity contribution < 1.29 is 9.72 Å². The third-order valence-electron chi connectivity index (χ3n) is 3.16. The van der Waals surface area contributed by atoms with E-state index in [0.717, 1.165) is 25.8 Å². The molecule has 0 unspecified atom stereocenters. The molecule has 0 saturated carbocycles. The maximum Gasteiger partial charge on any atom is 0.347 e. The topological polar surface area (TPSA) is 87.8 Å². The number of benzene rings is 1. The first-order chi connectivity index (χ1) is 9.58. The third kappa shape index (κ3) is 3.31. The lowest BCUT2D eigenvalue weighted by Crippen LogP contribution is -2.32. The molecule has 106 valence electrons. The van der Waals surface area contributed by atoms with Crippen LogP contribution in [0.25, 0.3) is 0 Å². The SMILES string of the molecule is CN1CCCCC1=NC(=O)Nc1ccccc1[N+](=O)[O-]. The number of carbonyl (C=O) groups is 1. The number of aliphatic imine (C=N–C) groups is 1. The van der Waals surface area contributed by atoms with Crippen molar-refractivity contribution in [3.8, 4) is 0 Å². The van der Waals surface area contributed by atoms with Gasteiger partial charge in [0.15, 0.2) is 0 Å². The van der Waals surface area contributed by atoms with E-state index in [4.69, 9.17) is 0 Å². The van der Waals surface area contributed by atoms with Crippen molar-refractivity contribution in [1.29, 1.82) is 0 Å². The molecule has 1 aromatic rings. The second-order valence-corrected chi connectivity index (χ2v) is 4.61. The number of likely N-dealkylation sites (tertiary alicyclic amines) is 1. The molecule has 0 spiro atoms. The monoisotopic (exact) mass is 276 g/mol. The van der Waals surface area contributed by atoms with E-state index in [2.05, 4.69) is 10.3 Å². The van der Waals surface area contributed by atoms with Crippen LogP contribution >= 0.6 is 0 Å². The highest BCUT2D eigenvalue weighted by atomic mass is 16.6. The van der Waals surface area contributed by atoms with Gasteiger partial charge in [-0.3, -0.25) is 10.1 Å². The zero-order valence-electron chi connectivity index (χ0n) is 11.2. The van der Waals surface area contributed by atoms with Crippen molar-refractivity contribution in [1.82, 2.24) is 4.90 Å².